The molecule has 0 spiro atoms. The predicted molar refractivity (Wildman–Crippen MR) is 124 cm³/mol. The Balaban J connectivity index is 1.58. The zero-order valence-corrected chi connectivity index (χ0v) is 18.3. The van der Waals surface area contributed by atoms with Gasteiger partial charge in [-0.25, -0.2) is 8.42 Å². The van der Waals surface area contributed by atoms with Crippen LogP contribution in [0.4, 0.5) is 17.1 Å². The predicted octanol–water partition coefficient (Wildman–Crippen LogP) is 4.78. The first-order chi connectivity index (χ1) is 15.4. The van der Waals surface area contributed by atoms with E-state index in [0.29, 0.717) is 11.4 Å². The van der Waals surface area contributed by atoms with Gasteiger partial charge in [-0.1, -0.05) is 12.1 Å². The SMILES string of the molecule is COc1cccc2c(Nc3ccc(S(=O)(=O)c4ccc(NC(C)=O)cc4)cc3)ccnc12. The number of ether oxygens (including phenoxy) is 1. The van der Waals surface area contributed by atoms with Crippen molar-refractivity contribution >= 4 is 43.7 Å². The Morgan fingerprint density at radius 3 is 2.09 bits per heavy atom. The quantitative estimate of drug-likeness (QED) is 0.442. The lowest BCUT2D eigenvalue weighted by Crippen LogP contribution is -2.06. The third-order valence-electron chi connectivity index (χ3n) is 4.88. The summed E-state index contributed by atoms with van der Waals surface area (Å²) >= 11 is 0. The van der Waals surface area contributed by atoms with Gasteiger partial charge in [0.15, 0.2) is 0 Å². The van der Waals surface area contributed by atoms with Gasteiger partial charge in [0.1, 0.15) is 11.3 Å². The molecule has 8 heteroatoms. The van der Waals surface area contributed by atoms with E-state index in [1.54, 1.807) is 49.7 Å². The molecule has 3 aromatic carbocycles. The van der Waals surface area contributed by atoms with E-state index in [4.69, 9.17) is 4.74 Å². The van der Waals surface area contributed by atoms with Crippen LogP contribution in [0.5, 0.6) is 5.75 Å². The molecule has 0 atom stereocenters. The summed E-state index contributed by atoms with van der Waals surface area (Å²) in [7, 11) is -2.08. The Bertz CT molecular complexity index is 1380. The van der Waals surface area contributed by atoms with E-state index < -0.39 is 9.84 Å². The first-order valence-electron chi connectivity index (χ1n) is 9.80. The second kappa shape index (κ2) is 8.68. The highest BCUT2D eigenvalue weighted by molar-refractivity contribution is 7.91. The molecule has 1 amide bonds. The van der Waals surface area contributed by atoms with Crippen LogP contribution >= 0.6 is 0 Å². The second-order valence-corrected chi connectivity index (χ2v) is 9.02. The van der Waals surface area contributed by atoms with Crippen LogP contribution in [-0.2, 0) is 14.6 Å². The number of anilines is 3. The standard InChI is InChI=1S/C24H21N3O4S/c1-16(28)26-17-6-10-19(11-7-17)32(29,30)20-12-8-18(9-13-20)27-22-14-15-25-24-21(22)4-3-5-23(24)31-2/h3-15H,1-2H3,(H,25,27)(H,26,28). The zero-order chi connectivity index (χ0) is 22.7. The van der Waals surface area contributed by atoms with E-state index in [1.165, 1.54) is 19.1 Å². The first kappa shape index (κ1) is 21.3. The van der Waals surface area contributed by atoms with Gasteiger partial charge in [0, 0.05) is 35.6 Å². The number of methoxy groups -OCH3 is 1. The number of benzene rings is 3. The molecule has 0 aliphatic carbocycles. The normalized spacial score (nSPS) is 11.2. The van der Waals surface area contributed by atoms with E-state index in [1.807, 2.05) is 24.3 Å². The zero-order valence-electron chi connectivity index (χ0n) is 17.5. The topological polar surface area (TPSA) is 97.4 Å². The summed E-state index contributed by atoms with van der Waals surface area (Å²) in [6, 6.07) is 20.2. The van der Waals surface area contributed by atoms with E-state index in [0.717, 1.165) is 22.3 Å². The van der Waals surface area contributed by atoms with Gasteiger partial charge in [0.25, 0.3) is 0 Å². The molecule has 4 rings (SSSR count). The number of carbonyl (C=O) groups is 1. The third kappa shape index (κ3) is 4.26. The Hall–Kier alpha value is -3.91. The number of fused-ring (bicyclic) bond motifs is 1. The maximum atomic E-state index is 13.0. The summed E-state index contributed by atoms with van der Waals surface area (Å²) in [6.45, 7) is 1.39. The van der Waals surface area contributed by atoms with Crippen molar-refractivity contribution in [2.24, 2.45) is 0 Å². The Labute approximate surface area is 186 Å². The number of hydrogen-bond donors (Lipinski definition) is 2. The molecule has 162 valence electrons. The summed E-state index contributed by atoms with van der Waals surface area (Å²) in [5.41, 5.74) is 2.84. The molecule has 32 heavy (non-hydrogen) atoms. The van der Waals surface area contributed by atoms with Crippen LogP contribution < -0.4 is 15.4 Å². The van der Waals surface area contributed by atoms with Crippen molar-refractivity contribution in [2.75, 3.05) is 17.7 Å². The number of carbonyl (C=O) groups excluding carboxylic acids is 1. The van der Waals surface area contributed by atoms with Gasteiger partial charge in [-0.05, 0) is 60.7 Å². The number of nitrogens with one attached hydrogen (secondary N) is 2. The molecule has 7 nitrogen and oxygen atoms in total. The third-order valence-corrected chi connectivity index (χ3v) is 6.67. The molecule has 1 heterocycles. The van der Waals surface area contributed by atoms with Gasteiger partial charge in [-0.2, -0.15) is 0 Å². The number of aromatic nitrogens is 1. The van der Waals surface area contributed by atoms with Gasteiger partial charge in [0.2, 0.25) is 15.7 Å². The minimum Gasteiger partial charge on any atom is -0.494 e. The van der Waals surface area contributed by atoms with Crippen molar-refractivity contribution in [2.45, 2.75) is 16.7 Å². The fourth-order valence-electron chi connectivity index (χ4n) is 3.35. The largest absolute Gasteiger partial charge is 0.494 e. The lowest BCUT2D eigenvalue weighted by atomic mass is 10.1. The van der Waals surface area contributed by atoms with Crippen molar-refractivity contribution < 1.29 is 17.9 Å². The van der Waals surface area contributed by atoms with E-state index in [2.05, 4.69) is 15.6 Å². The van der Waals surface area contributed by atoms with Crippen LogP contribution in [0.1, 0.15) is 6.92 Å². The smallest absolute Gasteiger partial charge is 0.221 e. The van der Waals surface area contributed by atoms with Gasteiger partial charge in [-0.15, -0.1) is 0 Å². The van der Waals surface area contributed by atoms with Crippen LogP contribution in [-0.4, -0.2) is 26.4 Å². The van der Waals surface area contributed by atoms with E-state index in [9.17, 15) is 13.2 Å². The number of pyridine rings is 1. The Morgan fingerprint density at radius 2 is 1.50 bits per heavy atom. The van der Waals surface area contributed by atoms with Gasteiger partial charge in [0.05, 0.1) is 16.9 Å². The highest BCUT2D eigenvalue weighted by Crippen LogP contribution is 2.31. The van der Waals surface area contributed by atoms with Crippen molar-refractivity contribution in [3.8, 4) is 5.75 Å². The van der Waals surface area contributed by atoms with Crippen LogP contribution in [0, 0.1) is 0 Å². The highest BCUT2D eigenvalue weighted by Gasteiger charge is 2.17. The molecule has 1 aromatic heterocycles. The number of para-hydroxylation sites is 1. The minimum absolute atomic E-state index is 0.152. The van der Waals surface area contributed by atoms with E-state index >= 15 is 0 Å². The summed E-state index contributed by atoms with van der Waals surface area (Å²) in [4.78, 5) is 15.9. The fourth-order valence-corrected chi connectivity index (χ4v) is 4.61. The molecule has 0 aliphatic heterocycles. The lowest BCUT2D eigenvalue weighted by Gasteiger charge is -2.12. The number of hydrogen-bond acceptors (Lipinski definition) is 6. The van der Waals surface area contributed by atoms with Crippen molar-refractivity contribution in [3.05, 3.63) is 79.0 Å². The van der Waals surface area contributed by atoms with Crippen LogP contribution in [0.3, 0.4) is 0 Å². The number of rotatable bonds is 6. The highest BCUT2D eigenvalue weighted by atomic mass is 32.2. The summed E-state index contributed by atoms with van der Waals surface area (Å²) < 4.78 is 31.3. The maximum absolute atomic E-state index is 13.0. The first-order valence-corrected chi connectivity index (χ1v) is 11.3. The molecule has 0 fully saturated rings. The average molecular weight is 448 g/mol. The van der Waals surface area contributed by atoms with Crippen molar-refractivity contribution in [1.29, 1.82) is 0 Å². The maximum Gasteiger partial charge on any atom is 0.221 e. The minimum atomic E-state index is -3.68. The van der Waals surface area contributed by atoms with Crippen LogP contribution in [0.25, 0.3) is 10.9 Å². The summed E-state index contributed by atoms with van der Waals surface area (Å²) in [5.74, 6) is 0.459. The number of nitrogens with zero attached hydrogens (tertiary/aromatic N) is 1. The van der Waals surface area contributed by atoms with Crippen molar-refractivity contribution in [1.82, 2.24) is 4.98 Å². The van der Waals surface area contributed by atoms with Crippen LogP contribution in [0.15, 0.2) is 88.8 Å². The molecule has 0 unspecified atom stereocenters. The van der Waals surface area contributed by atoms with Gasteiger partial charge < -0.3 is 15.4 Å². The number of amides is 1. The molecular weight excluding hydrogens is 426 g/mol. The summed E-state index contributed by atoms with van der Waals surface area (Å²) in [5, 5.41) is 6.82. The molecule has 2 N–H and O–H groups in total. The Morgan fingerprint density at radius 1 is 0.875 bits per heavy atom. The lowest BCUT2D eigenvalue weighted by molar-refractivity contribution is -0.114. The van der Waals surface area contributed by atoms with Gasteiger partial charge in [-0.3, -0.25) is 9.78 Å². The molecular formula is C24H21N3O4S. The molecule has 0 radical (unpaired) electrons. The summed E-state index contributed by atoms with van der Waals surface area (Å²) in [6.07, 6.45) is 1.69. The molecule has 4 aromatic rings. The average Bonchev–Trinajstić information content (AvgIpc) is 2.79. The molecule has 0 aliphatic rings. The van der Waals surface area contributed by atoms with Crippen molar-refractivity contribution in [3.63, 3.8) is 0 Å². The molecule has 0 saturated carbocycles. The van der Waals surface area contributed by atoms with E-state index in [-0.39, 0.29) is 15.7 Å². The molecule has 0 bridgehead atoms. The number of sulfone groups is 1. The van der Waals surface area contributed by atoms with Gasteiger partial charge >= 0.3 is 0 Å². The monoisotopic (exact) mass is 447 g/mol. The molecule has 0 saturated heterocycles. The Kier molecular flexibility index (Phi) is 5.79. The second-order valence-electron chi connectivity index (χ2n) is 7.07. The van der Waals surface area contributed by atoms with Crippen LogP contribution in [0.2, 0.25) is 0 Å². The fraction of sp³-hybridized carbons (Fsp3) is 0.0833.